The van der Waals surface area contributed by atoms with E-state index < -0.39 is 15.9 Å². The van der Waals surface area contributed by atoms with E-state index in [-0.39, 0.29) is 16.7 Å². The fourth-order valence-corrected chi connectivity index (χ4v) is 5.77. The Morgan fingerprint density at radius 1 is 1.34 bits per heavy atom. The molecule has 0 atom stereocenters. The normalized spacial score (nSPS) is 14.0. The zero-order valence-electron chi connectivity index (χ0n) is 17.0. The molecule has 1 aliphatic rings. The predicted octanol–water partition coefficient (Wildman–Crippen LogP) is 2.15. The van der Waals surface area contributed by atoms with Gasteiger partial charge in [-0.2, -0.15) is 5.10 Å². The number of hydrogen-bond acceptors (Lipinski definition) is 8. The van der Waals surface area contributed by atoms with Crippen LogP contribution in [0.5, 0.6) is 0 Å². The molecule has 0 saturated heterocycles. The number of primary amides is 1. The minimum atomic E-state index is -3.38. The van der Waals surface area contributed by atoms with E-state index in [0.29, 0.717) is 29.9 Å². The first-order valence-corrected chi connectivity index (χ1v) is 12.2. The summed E-state index contributed by atoms with van der Waals surface area (Å²) in [7, 11) is -3.38. The van der Waals surface area contributed by atoms with Crippen LogP contribution in [-0.2, 0) is 16.4 Å². The summed E-state index contributed by atoms with van der Waals surface area (Å²) in [6.45, 7) is 1.89. The topological polar surface area (TPSA) is 145 Å². The van der Waals surface area contributed by atoms with Gasteiger partial charge in [0.05, 0.1) is 32.7 Å². The Hall–Kier alpha value is -3.38. The first-order chi connectivity index (χ1) is 15.3. The maximum atomic E-state index is 12.3. The van der Waals surface area contributed by atoms with Crippen LogP contribution < -0.4 is 10.5 Å². The van der Waals surface area contributed by atoms with Gasteiger partial charge in [0.25, 0.3) is 5.91 Å². The highest BCUT2D eigenvalue weighted by atomic mass is 32.2. The van der Waals surface area contributed by atoms with Crippen LogP contribution in [0.25, 0.3) is 16.0 Å². The van der Waals surface area contributed by atoms with Crippen LogP contribution in [0, 0.1) is 6.92 Å². The number of anilines is 1. The van der Waals surface area contributed by atoms with Gasteiger partial charge in [0.2, 0.25) is 10.0 Å². The summed E-state index contributed by atoms with van der Waals surface area (Å²) in [5, 5.41) is 4.24. The first-order valence-electron chi connectivity index (χ1n) is 9.86. The number of carbonyl (C=O) groups is 1. The van der Waals surface area contributed by atoms with Crippen LogP contribution in [0.4, 0.5) is 5.69 Å². The summed E-state index contributed by atoms with van der Waals surface area (Å²) in [5.74, 6) is -0.619. The van der Waals surface area contributed by atoms with Crippen molar-refractivity contribution >= 4 is 38.5 Å². The van der Waals surface area contributed by atoms with Crippen molar-refractivity contribution < 1.29 is 13.2 Å². The molecule has 0 unspecified atom stereocenters. The lowest BCUT2D eigenvalue weighted by Crippen LogP contribution is -2.17. The van der Waals surface area contributed by atoms with Gasteiger partial charge in [0, 0.05) is 30.1 Å². The molecule has 1 saturated carbocycles. The number of amides is 1. The Balaban J connectivity index is 1.53. The number of sulfonamides is 1. The number of rotatable bonds is 7. The summed E-state index contributed by atoms with van der Waals surface area (Å²) in [6, 6.07) is 5.21. The van der Waals surface area contributed by atoms with Gasteiger partial charge < -0.3 is 5.73 Å². The van der Waals surface area contributed by atoms with Crippen molar-refractivity contribution in [2.75, 3.05) is 4.72 Å². The molecule has 32 heavy (non-hydrogen) atoms. The molecule has 4 heterocycles. The van der Waals surface area contributed by atoms with Crippen molar-refractivity contribution in [3.63, 3.8) is 0 Å². The van der Waals surface area contributed by atoms with E-state index in [0.717, 1.165) is 21.7 Å². The molecule has 12 heteroatoms. The number of aryl methyl sites for hydroxylation is 1. The summed E-state index contributed by atoms with van der Waals surface area (Å²) in [4.78, 5) is 25.6. The molecule has 1 amide bonds. The molecule has 0 spiro atoms. The van der Waals surface area contributed by atoms with Crippen LogP contribution in [-0.4, -0.2) is 44.1 Å². The van der Waals surface area contributed by atoms with E-state index in [4.69, 9.17) is 5.73 Å². The molecule has 3 N–H and O–H groups in total. The van der Waals surface area contributed by atoms with E-state index in [1.54, 1.807) is 35.4 Å². The highest BCUT2D eigenvalue weighted by molar-refractivity contribution is 7.93. The average molecular weight is 470 g/mol. The van der Waals surface area contributed by atoms with Gasteiger partial charge in [0.1, 0.15) is 6.33 Å². The quantitative estimate of drug-likeness (QED) is 0.422. The highest BCUT2D eigenvalue weighted by Crippen LogP contribution is 2.34. The van der Waals surface area contributed by atoms with Crippen LogP contribution in [0.3, 0.4) is 0 Å². The monoisotopic (exact) mass is 469 g/mol. The number of nitrogens with one attached hydrogen (secondary N) is 1. The van der Waals surface area contributed by atoms with Gasteiger partial charge in [-0.25, -0.2) is 22.9 Å². The summed E-state index contributed by atoms with van der Waals surface area (Å²) < 4.78 is 28.8. The second-order valence-electron chi connectivity index (χ2n) is 7.64. The van der Waals surface area contributed by atoms with Crippen LogP contribution in [0.2, 0.25) is 0 Å². The molecule has 0 bridgehead atoms. The second-order valence-corrected chi connectivity index (χ2v) is 10.6. The lowest BCUT2D eigenvalue weighted by Gasteiger charge is -2.08. The number of nitrogens with two attached hydrogens (primary N) is 1. The van der Waals surface area contributed by atoms with Crippen molar-refractivity contribution in [1.29, 1.82) is 0 Å². The number of carbonyl (C=O) groups excluding carboxylic acids is 1. The van der Waals surface area contributed by atoms with Gasteiger partial charge in [-0.3, -0.25) is 14.5 Å². The standard InChI is InChI=1S/C20H19N7O3S2/c1-11-6-17-15(9-22-10-27(17)25-11)18-16(24-20(31-18)19(21)28)8-13-7-12(4-5-23-13)26-32(29,30)14-2-3-14/h4-7,9-10,14H,2-3,8H2,1H3,(H2,21,28)(H,23,26). The predicted molar refractivity (Wildman–Crippen MR) is 120 cm³/mol. The second kappa shape index (κ2) is 7.64. The van der Waals surface area contributed by atoms with E-state index >= 15 is 0 Å². The van der Waals surface area contributed by atoms with Crippen molar-refractivity contribution in [2.24, 2.45) is 5.73 Å². The zero-order valence-corrected chi connectivity index (χ0v) is 18.7. The highest BCUT2D eigenvalue weighted by Gasteiger charge is 2.35. The summed E-state index contributed by atoms with van der Waals surface area (Å²) in [6.07, 6.45) is 6.50. The van der Waals surface area contributed by atoms with Gasteiger partial charge >= 0.3 is 0 Å². The van der Waals surface area contributed by atoms with Gasteiger partial charge in [-0.15, -0.1) is 11.3 Å². The van der Waals surface area contributed by atoms with Crippen molar-refractivity contribution in [1.82, 2.24) is 24.6 Å². The average Bonchev–Trinajstić information content (AvgIpc) is 3.42. The van der Waals surface area contributed by atoms with E-state index in [2.05, 4.69) is 24.8 Å². The molecule has 5 rings (SSSR count). The molecular formula is C20H19N7O3S2. The van der Waals surface area contributed by atoms with Crippen molar-refractivity contribution in [3.8, 4) is 10.4 Å². The lowest BCUT2D eigenvalue weighted by molar-refractivity contribution is 0.0999. The molecule has 0 aromatic carbocycles. The number of thiazole rings is 1. The SMILES string of the molecule is Cc1cc2c(-c3sc(C(N)=O)nc3Cc3cc(NS(=O)(=O)C4CC4)ccn3)cncn2n1. The van der Waals surface area contributed by atoms with E-state index in [9.17, 15) is 13.2 Å². The van der Waals surface area contributed by atoms with E-state index in [1.807, 2.05) is 13.0 Å². The molecule has 4 aromatic rings. The smallest absolute Gasteiger partial charge is 0.277 e. The summed E-state index contributed by atoms with van der Waals surface area (Å²) >= 11 is 1.18. The third kappa shape index (κ3) is 3.94. The minimum absolute atomic E-state index is 0.179. The van der Waals surface area contributed by atoms with E-state index in [1.165, 1.54) is 11.3 Å². The molecule has 1 aliphatic carbocycles. The third-order valence-electron chi connectivity index (χ3n) is 5.05. The Morgan fingerprint density at radius 3 is 2.91 bits per heavy atom. The largest absolute Gasteiger partial charge is 0.364 e. The number of fused-ring (bicyclic) bond motifs is 1. The molecule has 4 aromatic heterocycles. The van der Waals surface area contributed by atoms with Crippen molar-refractivity contribution in [3.05, 3.63) is 59.0 Å². The van der Waals surface area contributed by atoms with Gasteiger partial charge in [-0.05, 0) is 38.0 Å². The number of aromatic nitrogens is 5. The van der Waals surface area contributed by atoms with Crippen LogP contribution in [0.15, 0.2) is 36.9 Å². The fourth-order valence-electron chi connectivity index (χ4n) is 3.44. The van der Waals surface area contributed by atoms with Crippen molar-refractivity contribution in [2.45, 2.75) is 31.4 Å². The Labute approximate surface area is 187 Å². The summed E-state index contributed by atoms with van der Waals surface area (Å²) in [5.41, 5.74) is 9.59. The maximum absolute atomic E-state index is 12.3. The van der Waals surface area contributed by atoms with Gasteiger partial charge in [-0.1, -0.05) is 0 Å². The number of nitrogens with zero attached hydrogens (tertiary/aromatic N) is 5. The fraction of sp³-hybridized carbons (Fsp3) is 0.250. The molecular weight excluding hydrogens is 450 g/mol. The Bertz CT molecular complexity index is 1460. The lowest BCUT2D eigenvalue weighted by atomic mass is 10.1. The molecule has 0 aliphatic heterocycles. The molecule has 164 valence electrons. The molecule has 1 fully saturated rings. The Morgan fingerprint density at radius 2 is 2.16 bits per heavy atom. The first kappa shape index (κ1) is 20.5. The Kier molecular flexibility index (Phi) is 4.90. The number of hydrogen-bond donors (Lipinski definition) is 2. The van der Waals surface area contributed by atoms with Crippen LogP contribution in [0.1, 0.15) is 39.7 Å². The zero-order chi connectivity index (χ0) is 22.5. The van der Waals surface area contributed by atoms with Crippen LogP contribution >= 0.6 is 11.3 Å². The van der Waals surface area contributed by atoms with Gasteiger partial charge in [0.15, 0.2) is 5.01 Å². The maximum Gasteiger partial charge on any atom is 0.277 e. The third-order valence-corrected chi connectivity index (χ3v) is 8.07. The molecule has 0 radical (unpaired) electrons. The number of pyridine rings is 1. The molecule has 10 nitrogen and oxygen atoms in total. The minimum Gasteiger partial charge on any atom is -0.364 e.